The molecular formula is C14H17ClN2O4. The van der Waals surface area contributed by atoms with Crippen molar-refractivity contribution < 1.29 is 14.5 Å². The third kappa shape index (κ3) is 3.85. The lowest BCUT2D eigenvalue weighted by atomic mass is 9.95. The van der Waals surface area contributed by atoms with E-state index >= 15 is 0 Å². The molecule has 1 fully saturated rings. The first-order valence-corrected chi connectivity index (χ1v) is 7.22. The Morgan fingerprint density at radius 1 is 1.38 bits per heavy atom. The molecule has 21 heavy (non-hydrogen) atoms. The normalized spacial score (nSPS) is 21.6. The number of carbonyl (C=O) groups excluding carboxylic acids is 1. The molecule has 1 saturated carbocycles. The van der Waals surface area contributed by atoms with Crippen LogP contribution in [0.2, 0.25) is 0 Å². The van der Waals surface area contributed by atoms with Gasteiger partial charge in [0.2, 0.25) is 0 Å². The maximum atomic E-state index is 12.2. The average molecular weight is 313 g/mol. The van der Waals surface area contributed by atoms with Gasteiger partial charge in [-0.15, -0.1) is 11.6 Å². The summed E-state index contributed by atoms with van der Waals surface area (Å²) in [6, 6.07) is 4.21. The van der Waals surface area contributed by atoms with E-state index in [1.165, 1.54) is 25.3 Å². The Labute approximate surface area is 127 Å². The van der Waals surface area contributed by atoms with Gasteiger partial charge in [0.25, 0.3) is 5.91 Å². The van der Waals surface area contributed by atoms with Crippen LogP contribution >= 0.6 is 11.6 Å². The van der Waals surface area contributed by atoms with Gasteiger partial charge in [0.15, 0.2) is 5.75 Å². The van der Waals surface area contributed by atoms with E-state index < -0.39 is 4.92 Å². The molecule has 7 heteroatoms. The molecule has 2 rings (SSSR count). The van der Waals surface area contributed by atoms with Crippen LogP contribution in [0.4, 0.5) is 5.69 Å². The zero-order valence-electron chi connectivity index (χ0n) is 11.7. The van der Waals surface area contributed by atoms with Crippen molar-refractivity contribution in [1.29, 1.82) is 0 Å². The van der Waals surface area contributed by atoms with Crippen molar-refractivity contribution >= 4 is 23.2 Å². The number of nitro groups is 1. The van der Waals surface area contributed by atoms with E-state index in [9.17, 15) is 14.9 Å². The summed E-state index contributed by atoms with van der Waals surface area (Å²) in [5, 5.41) is 13.9. The molecule has 0 bridgehead atoms. The van der Waals surface area contributed by atoms with E-state index in [4.69, 9.17) is 16.3 Å². The van der Waals surface area contributed by atoms with Crippen molar-refractivity contribution in [2.24, 2.45) is 0 Å². The van der Waals surface area contributed by atoms with Crippen LogP contribution in [0.25, 0.3) is 0 Å². The standard InChI is InChI=1S/C14H17ClN2O4/c1-21-13-8-9(2-7-12(13)17(19)20)14(18)16-11-5-3-10(15)4-6-11/h2,7-8,10-11H,3-6H2,1H3,(H,16,18). The van der Waals surface area contributed by atoms with Crippen molar-refractivity contribution in [2.75, 3.05) is 7.11 Å². The van der Waals surface area contributed by atoms with Crippen molar-refractivity contribution in [1.82, 2.24) is 5.32 Å². The smallest absolute Gasteiger partial charge is 0.310 e. The number of ether oxygens (including phenoxy) is 1. The minimum Gasteiger partial charge on any atom is -0.490 e. The summed E-state index contributed by atoms with van der Waals surface area (Å²) in [5.41, 5.74) is 0.196. The summed E-state index contributed by atoms with van der Waals surface area (Å²) in [6.07, 6.45) is 3.47. The quantitative estimate of drug-likeness (QED) is 0.526. The van der Waals surface area contributed by atoms with Gasteiger partial charge in [-0.3, -0.25) is 14.9 Å². The fourth-order valence-corrected chi connectivity index (χ4v) is 2.69. The number of hydrogen-bond donors (Lipinski definition) is 1. The first kappa shape index (κ1) is 15.6. The first-order valence-electron chi connectivity index (χ1n) is 6.78. The van der Waals surface area contributed by atoms with Gasteiger partial charge in [-0.1, -0.05) is 0 Å². The maximum absolute atomic E-state index is 12.2. The Morgan fingerprint density at radius 2 is 2.05 bits per heavy atom. The van der Waals surface area contributed by atoms with E-state index in [0.29, 0.717) is 5.56 Å². The lowest BCUT2D eigenvalue weighted by molar-refractivity contribution is -0.385. The number of carbonyl (C=O) groups is 1. The Balaban J connectivity index is 2.07. The molecule has 0 heterocycles. The molecule has 1 aliphatic carbocycles. The number of methoxy groups -OCH3 is 1. The number of alkyl halides is 1. The minimum atomic E-state index is -0.539. The number of amides is 1. The molecule has 0 aliphatic heterocycles. The van der Waals surface area contributed by atoms with Crippen LogP contribution in [0.1, 0.15) is 36.0 Å². The van der Waals surface area contributed by atoms with E-state index in [1.54, 1.807) is 0 Å². The van der Waals surface area contributed by atoms with Crippen LogP contribution < -0.4 is 10.1 Å². The number of nitrogens with zero attached hydrogens (tertiary/aromatic N) is 1. The highest BCUT2D eigenvalue weighted by Gasteiger charge is 2.23. The molecule has 1 N–H and O–H groups in total. The Kier molecular flexibility index (Phi) is 5.01. The van der Waals surface area contributed by atoms with Crippen LogP contribution in [-0.2, 0) is 0 Å². The van der Waals surface area contributed by atoms with Crippen molar-refractivity contribution in [3.05, 3.63) is 33.9 Å². The van der Waals surface area contributed by atoms with Gasteiger partial charge in [0, 0.05) is 29.1 Å². The molecule has 0 spiro atoms. The second-order valence-electron chi connectivity index (χ2n) is 5.07. The molecule has 0 aromatic heterocycles. The Morgan fingerprint density at radius 3 is 2.62 bits per heavy atom. The highest BCUT2D eigenvalue weighted by molar-refractivity contribution is 6.20. The molecular weight excluding hydrogens is 296 g/mol. The molecule has 0 saturated heterocycles. The summed E-state index contributed by atoms with van der Waals surface area (Å²) in [6.45, 7) is 0. The third-order valence-corrected chi connectivity index (χ3v) is 4.07. The van der Waals surface area contributed by atoms with Gasteiger partial charge in [-0.2, -0.15) is 0 Å². The third-order valence-electron chi connectivity index (χ3n) is 3.63. The second kappa shape index (κ2) is 6.76. The lowest BCUT2D eigenvalue weighted by Crippen LogP contribution is -2.37. The van der Waals surface area contributed by atoms with Gasteiger partial charge in [0.05, 0.1) is 12.0 Å². The van der Waals surface area contributed by atoms with E-state index in [0.717, 1.165) is 25.7 Å². The SMILES string of the molecule is COc1cc(C(=O)NC2CCC(Cl)CC2)ccc1[N+](=O)[O-]. The molecule has 6 nitrogen and oxygen atoms in total. The van der Waals surface area contributed by atoms with E-state index in [-0.39, 0.29) is 28.8 Å². The molecule has 1 aliphatic rings. The summed E-state index contributed by atoms with van der Waals surface area (Å²) < 4.78 is 4.96. The van der Waals surface area contributed by atoms with Crippen molar-refractivity contribution in [3.8, 4) is 5.75 Å². The van der Waals surface area contributed by atoms with Gasteiger partial charge in [0.1, 0.15) is 0 Å². The summed E-state index contributed by atoms with van der Waals surface area (Å²) in [7, 11) is 1.34. The van der Waals surface area contributed by atoms with Crippen LogP contribution in [-0.4, -0.2) is 29.4 Å². The topological polar surface area (TPSA) is 81.5 Å². The second-order valence-corrected chi connectivity index (χ2v) is 5.68. The molecule has 0 unspecified atom stereocenters. The summed E-state index contributed by atoms with van der Waals surface area (Å²) >= 11 is 6.03. The number of nitro benzene ring substituents is 1. The van der Waals surface area contributed by atoms with Crippen LogP contribution in [0, 0.1) is 10.1 Å². The zero-order chi connectivity index (χ0) is 15.4. The molecule has 114 valence electrons. The maximum Gasteiger partial charge on any atom is 0.310 e. The van der Waals surface area contributed by atoms with Crippen LogP contribution in [0.15, 0.2) is 18.2 Å². The molecule has 0 atom stereocenters. The van der Waals surface area contributed by atoms with Crippen LogP contribution in [0.3, 0.4) is 0 Å². The van der Waals surface area contributed by atoms with Gasteiger partial charge in [-0.25, -0.2) is 0 Å². The first-order chi connectivity index (χ1) is 10.0. The highest BCUT2D eigenvalue weighted by atomic mass is 35.5. The fourth-order valence-electron chi connectivity index (χ4n) is 2.44. The summed E-state index contributed by atoms with van der Waals surface area (Å²) in [5.74, 6) is -0.168. The van der Waals surface area contributed by atoms with Gasteiger partial charge < -0.3 is 10.1 Å². The largest absolute Gasteiger partial charge is 0.490 e. The number of rotatable bonds is 4. The fraction of sp³-hybridized carbons (Fsp3) is 0.500. The van der Waals surface area contributed by atoms with Gasteiger partial charge >= 0.3 is 5.69 Å². The number of nitrogens with one attached hydrogen (secondary N) is 1. The minimum absolute atomic E-state index is 0.0807. The molecule has 1 aromatic carbocycles. The van der Waals surface area contributed by atoms with Crippen LogP contribution in [0.5, 0.6) is 5.75 Å². The number of benzene rings is 1. The molecule has 1 amide bonds. The monoisotopic (exact) mass is 312 g/mol. The number of hydrogen-bond acceptors (Lipinski definition) is 4. The lowest BCUT2D eigenvalue weighted by Gasteiger charge is -2.25. The Hall–Kier alpha value is -1.82. The van der Waals surface area contributed by atoms with E-state index in [1.807, 2.05) is 0 Å². The number of halogens is 1. The predicted molar refractivity (Wildman–Crippen MR) is 79.0 cm³/mol. The van der Waals surface area contributed by atoms with E-state index in [2.05, 4.69) is 5.32 Å². The van der Waals surface area contributed by atoms with Gasteiger partial charge in [-0.05, 0) is 31.7 Å². The predicted octanol–water partition coefficient (Wildman–Crippen LogP) is 2.88. The molecule has 1 aromatic rings. The van der Waals surface area contributed by atoms with Crippen molar-refractivity contribution in [2.45, 2.75) is 37.1 Å². The highest BCUT2D eigenvalue weighted by Crippen LogP contribution is 2.28. The zero-order valence-corrected chi connectivity index (χ0v) is 12.4. The average Bonchev–Trinajstić information content (AvgIpc) is 2.48. The Bertz CT molecular complexity index is 542. The van der Waals surface area contributed by atoms with Crippen molar-refractivity contribution in [3.63, 3.8) is 0 Å². The summed E-state index contributed by atoms with van der Waals surface area (Å²) in [4.78, 5) is 22.5. The molecule has 0 radical (unpaired) electrons.